The molecule has 0 radical (unpaired) electrons. The molecular weight excluding hydrogens is 527 g/mol. The van der Waals surface area contributed by atoms with E-state index >= 15 is 0 Å². The van der Waals surface area contributed by atoms with Crippen molar-refractivity contribution in [3.05, 3.63) is 109 Å². The Morgan fingerprint density at radius 3 is 2.06 bits per heavy atom. The quantitative estimate of drug-likeness (QED) is 0.232. The van der Waals surface area contributed by atoms with Crippen LogP contribution in [0.15, 0.2) is 103 Å². The summed E-state index contributed by atoms with van der Waals surface area (Å²) in [5.41, 5.74) is 4.26. The summed E-state index contributed by atoms with van der Waals surface area (Å²) < 4.78 is 0. The maximum absolute atomic E-state index is 2.32. The second-order valence-electron chi connectivity index (χ2n) is 7.55. The van der Waals surface area contributed by atoms with E-state index in [1.165, 1.54) is 38.2 Å². The molecule has 32 heavy (non-hydrogen) atoms. The molecular formula is C28H28Cl2SiZr-2. The summed E-state index contributed by atoms with van der Waals surface area (Å²) in [5.74, 6) is 0. The van der Waals surface area contributed by atoms with Crippen LogP contribution in [0.5, 0.6) is 0 Å². The van der Waals surface area contributed by atoms with Crippen molar-refractivity contribution in [3.63, 3.8) is 0 Å². The average molecular weight is 555 g/mol. The molecule has 5 aromatic rings. The maximum Gasteiger partial charge on any atom is -0.0809 e. The van der Waals surface area contributed by atoms with Gasteiger partial charge in [-0.3, -0.25) is 0 Å². The molecule has 4 heteroatoms. The first-order valence-corrected chi connectivity index (χ1v) is 16.6. The Morgan fingerprint density at radius 2 is 1.41 bits per heavy atom. The zero-order valence-electron chi connectivity index (χ0n) is 18.8. The molecule has 164 valence electrons. The van der Waals surface area contributed by atoms with Gasteiger partial charge in [-0.1, -0.05) is 55.0 Å². The number of aryl methyl sites for hydroxylation is 1. The van der Waals surface area contributed by atoms with E-state index in [-0.39, 0.29) is 30.2 Å². The van der Waals surface area contributed by atoms with Gasteiger partial charge < -0.3 is 24.8 Å². The Labute approximate surface area is 220 Å². The summed E-state index contributed by atoms with van der Waals surface area (Å²) in [6.45, 7) is 6.82. The van der Waals surface area contributed by atoms with Gasteiger partial charge in [-0.15, -0.1) is 64.2 Å². The number of rotatable bonds is 2. The van der Waals surface area contributed by atoms with Crippen molar-refractivity contribution in [1.29, 1.82) is 0 Å². The second kappa shape index (κ2) is 14.7. The summed E-state index contributed by atoms with van der Waals surface area (Å²) >= 11 is 1.74. The predicted octanol–water partition coefficient (Wildman–Crippen LogP) is 2.14. The minimum Gasteiger partial charge on any atom is -1.00 e. The minimum absolute atomic E-state index is 0. The fraction of sp³-hybridized carbons (Fsp3) is 0.143. The molecule has 0 aliphatic rings. The minimum atomic E-state index is 0. The van der Waals surface area contributed by atoms with E-state index in [9.17, 15) is 0 Å². The van der Waals surface area contributed by atoms with E-state index in [2.05, 4.69) is 123 Å². The maximum atomic E-state index is 2.32. The standard InChI is InChI=1S/C17H15.C9H7.C2H6Si.2ClH.Zr/c1-2-13-11-15-9-6-10-16(17(15)12-13)14-7-4-3-5-8-14;1-2-5-9-7-3-6-8(9)4-1;1-3-2;;;/h3-12H,2H2,1H3;1-7H;1-2H3;2*1H;/q2*-1;;;;+2/p-2. The first kappa shape index (κ1) is 28.6. The Balaban J connectivity index is 0.000000289. The van der Waals surface area contributed by atoms with Gasteiger partial charge in [0.05, 0.1) is 0 Å². The zero-order chi connectivity index (χ0) is 21.3. The van der Waals surface area contributed by atoms with Gasteiger partial charge in [0.1, 0.15) is 0 Å². The van der Waals surface area contributed by atoms with Gasteiger partial charge in [0.25, 0.3) is 0 Å². The Kier molecular flexibility index (Phi) is 13.1. The molecule has 5 aromatic carbocycles. The van der Waals surface area contributed by atoms with Crippen molar-refractivity contribution in [2.75, 3.05) is 0 Å². The molecule has 0 nitrogen and oxygen atoms in total. The van der Waals surface area contributed by atoms with Crippen molar-refractivity contribution in [3.8, 4) is 11.1 Å². The first-order chi connectivity index (χ1) is 14.6. The first-order valence-electron chi connectivity index (χ1n) is 10.4. The summed E-state index contributed by atoms with van der Waals surface area (Å²) in [6, 6.07) is 36.4. The number of fused-ring (bicyclic) bond motifs is 2. The molecule has 0 unspecified atom stereocenters. The average Bonchev–Trinajstić information content (AvgIpc) is 3.40. The van der Waals surface area contributed by atoms with Crippen LogP contribution >= 0.6 is 0 Å². The smallest absolute Gasteiger partial charge is 0.0809 e. The zero-order valence-corrected chi connectivity index (χ0v) is 23.7. The molecule has 0 saturated carbocycles. The molecule has 5 rings (SSSR count). The fourth-order valence-corrected chi connectivity index (χ4v) is 3.44. The van der Waals surface area contributed by atoms with Gasteiger partial charge >= 0.3 is 41.9 Å². The van der Waals surface area contributed by atoms with Gasteiger partial charge in [-0.2, -0.15) is 23.6 Å². The number of benzene rings is 3. The van der Waals surface area contributed by atoms with E-state index < -0.39 is 0 Å². The van der Waals surface area contributed by atoms with Crippen molar-refractivity contribution in [1.82, 2.24) is 0 Å². The normalized spacial score (nSPS) is 9.53. The molecule has 0 atom stereocenters. The molecule has 0 aliphatic heterocycles. The van der Waals surface area contributed by atoms with Crippen LogP contribution in [0, 0.1) is 0 Å². The second-order valence-corrected chi connectivity index (χ2v) is 16.9. The van der Waals surface area contributed by atoms with Gasteiger partial charge in [0.15, 0.2) is 0 Å². The van der Waals surface area contributed by atoms with Crippen LogP contribution in [0.4, 0.5) is 0 Å². The van der Waals surface area contributed by atoms with E-state index in [1.807, 2.05) is 0 Å². The van der Waals surface area contributed by atoms with Crippen LogP contribution in [0.2, 0.25) is 13.1 Å². The predicted molar refractivity (Wildman–Crippen MR) is 131 cm³/mol. The van der Waals surface area contributed by atoms with Crippen LogP contribution in [-0.2, 0) is 29.8 Å². The Morgan fingerprint density at radius 1 is 0.781 bits per heavy atom. The molecule has 0 N–H and O–H groups in total. The van der Waals surface area contributed by atoms with Crippen LogP contribution in [-0.4, -0.2) is 5.43 Å². The third-order valence-electron chi connectivity index (χ3n) is 4.85. The molecule has 0 aliphatic carbocycles. The van der Waals surface area contributed by atoms with Crippen LogP contribution in [0.1, 0.15) is 12.5 Å². The third-order valence-corrected chi connectivity index (χ3v) is 4.85. The van der Waals surface area contributed by atoms with E-state index in [0.29, 0.717) is 0 Å². The van der Waals surface area contributed by atoms with Gasteiger partial charge in [0.2, 0.25) is 0 Å². The fourth-order valence-electron chi connectivity index (χ4n) is 3.44. The topological polar surface area (TPSA) is 0 Å². The summed E-state index contributed by atoms with van der Waals surface area (Å²) in [5, 5.41) is 5.38. The van der Waals surface area contributed by atoms with Crippen molar-refractivity contribution in [2.24, 2.45) is 0 Å². The molecule has 0 spiro atoms. The van der Waals surface area contributed by atoms with Crippen molar-refractivity contribution >= 4 is 27.0 Å². The van der Waals surface area contributed by atoms with Crippen LogP contribution < -0.4 is 24.8 Å². The van der Waals surface area contributed by atoms with Crippen molar-refractivity contribution in [2.45, 2.75) is 26.4 Å². The Hall–Kier alpha value is -1.44. The molecule has 0 bridgehead atoms. The largest absolute Gasteiger partial charge is 1.00 e. The van der Waals surface area contributed by atoms with Crippen LogP contribution in [0.25, 0.3) is 32.7 Å². The monoisotopic (exact) mass is 552 g/mol. The molecule has 0 amide bonds. The number of hydrogen-bond acceptors (Lipinski definition) is 0. The summed E-state index contributed by atoms with van der Waals surface area (Å²) in [6.07, 6.45) is 1.10. The number of halogens is 2. The molecule has 0 aromatic heterocycles. The van der Waals surface area contributed by atoms with Crippen molar-refractivity contribution < 1.29 is 48.1 Å². The SMILES string of the molecule is CCc1cc2c(-c3ccccc3)cccc2[cH-]1.C[Si](C)=[Zr+2].[Cl-].[Cl-].c1ccc2[cH-]ccc2c1. The van der Waals surface area contributed by atoms with E-state index in [0.717, 1.165) is 6.42 Å². The summed E-state index contributed by atoms with van der Waals surface area (Å²) in [4.78, 5) is 0. The molecule has 0 heterocycles. The van der Waals surface area contributed by atoms with E-state index in [4.69, 9.17) is 0 Å². The van der Waals surface area contributed by atoms with Crippen LogP contribution in [0.3, 0.4) is 0 Å². The van der Waals surface area contributed by atoms with Gasteiger partial charge in [-0.25, -0.2) is 0 Å². The van der Waals surface area contributed by atoms with Gasteiger partial charge in [0, 0.05) is 0 Å². The Bertz CT molecular complexity index is 1190. The number of hydrogen-bond donors (Lipinski definition) is 0. The van der Waals surface area contributed by atoms with E-state index in [1.54, 1.807) is 23.3 Å². The van der Waals surface area contributed by atoms with Gasteiger partial charge in [-0.05, 0) is 12.0 Å². The third kappa shape index (κ3) is 8.16. The molecule has 0 saturated heterocycles. The summed E-state index contributed by atoms with van der Waals surface area (Å²) in [7, 11) is 0. The molecule has 0 fully saturated rings.